The maximum absolute atomic E-state index is 5.98. The summed E-state index contributed by atoms with van der Waals surface area (Å²) in [4.78, 5) is 0. The van der Waals surface area contributed by atoms with Gasteiger partial charge in [0.15, 0.2) is 0 Å². The van der Waals surface area contributed by atoms with Crippen molar-refractivity contribution >= 4 is 0 Å². The van der Waals surface area contributed by atoms with Crippen molar-refractivity contribution in [3.8, 4) is 0 Å². The lowest BCUT2D eigenvalue weighted by Gasteiger charge is -2.23. The molecule has 0 aliphatic heterocycles. The third-order valence-electron chi connectivity index (χ3n) is 4.68. The van der Waals surface area contributed by atoms with E-state index in [1.807, 2.05) is 0 Å². The van der Waals surface area contributed by atoms with E-state index in [0.29, 0.717) is 0 Å². The van der Waals surface area contributed by atoms with E-state index in [1.54, 1.807) is 0 Å². The fraction of sp³-hybridized carbons (Fsp3) is 0.500. The van der Waals surface area contributed by atoms with Gasteiger partial charge >= 0.3 is 0 Å². The van der Waals surface area contributed by atoms with Crippen molar-refractivity contribution in [2.24, 2.45) is 0 Å². The molecular formula is C24H34O. The molecule has 1 heteroatoms. The zero-order valence-electron chi connectivity index (χ0n) is 16.9. The molecule has 2 rings (SSSR count). The molecular weight excluding hydrogens is 304 g/mol. The van der Waals surface area contributed by atoms with Crippen LogP contribution in [0.5, 0.6) is 0 Å². The number of rotatable bonds is 6. The van der Waals surface area contributed by atoms with E-state index in [9.17, 15) is 0 Å². The van der Waals surface area contributed by atoms with Crippen LogP contribution in [0.2, 0.25) is 0 Å². The standard InChI is InChI=1S/C24H34O/c1-23(2,3)21-13-9-7-11-19(21)15-17-25-18-16-20-12-8-10-14-22(20)24(4,5)6/h7-14H,15-18H2,1-6H3. The first-order valence-corrected chi connectivity index (χ1v) is 9.44. The van der Waals surface area contributed by atoms with Crippen LogP contribution in [0.1, 0.15) is 63.8 Å². The van der Waals surface area contributed by atoms with Gasteiger partial charge in [-0.2, -0.15) is 0 Å². The van der Waals surface area contributed by atoms with Crippen LogP contribution in [0.4, 0.5) is 0 Å². The highest BCUT2D eigenvalue weighted by Gasteiger charge is 2.18. The third kappa shape index (κ3) is 5.71. The fourth-order valence-electron chi connectivity index (χ4n) is 3.41. The summed E-state index contributed by atoms with van der Waals surface area (Å²) in [5, 5.41) is 0. The van der Waals surface area contributed by atoms with Crippen LogP contribution in [-0.2, 0) is 28.4 Å². The van der Waals surface area contributed by atoms with Gasteiger partial charge in [0, 0.05) is 0 Å². The lowest BCUT2D eigenvalue weighted by molar-refractivity contribution is 0.140. The van der Waals surface area contributed by atoms with Gasteiger partial charge in [0.1, 0.15) is 0 Å². The normalized spacial score (nSPS) is 12.4. The van der Waals surface area contributed by atoms with Crippen LogP contribution in [0.15, 0.2) is 48.5 Å². The molecule has 0 radical (unpaired) electrons. The van der Waals surface area contributed by atoms with E-state index >= 15 is 0 Å². The van der Waals surface area contributed by atoms with Gasteiger partial charge < -0.3 is 4.74 Å². The van der Waals surface area contributed by atoms with E-state index < -0.39 is 0 Å². The monoisotopic (exact) mass is 338 g/mol. The summed E-state index contributed by atoms with van der Waals surface area (Å²) in [5.41, 5.74) is 6.04. The Morgan fingerprint density at radius 3 is 1.32 bits per heavy atom. The van der Waals surface area contributed by atoms with Gasteiger partial charge in [-0.05, 0) is 45.9 Å². The Morgan fingerprint density at radius 1 is 0.600 bits per heavy atom. The summed E-state index contributed by atoms with van der Waals surface area (Å²) in [5.74, 6) is 0. The number of ether oxygens (including phenoxy) is 1. The molecule has 0 aromatic heterocycles. The maximum atomic E-state index is 5.98. The minimum Gasteiger partial charge on any atom is -0.381 e. The van der Waals surface area contributed by atoms with Crippen molar-refractivity contribution in [2.45, 2.75) is 65.2 Å². The smallest absolute Gasteiger partial charge is 0.0506 e. The fourth-order valence-corrected chi connectivity index (χ4v) is 3.41. The molecule has 0 saturated carbocycles. The maximum Gasteiger partial charge on any atom is 0.0506 e. The third-order valence-corrected chi connectivity index (χ3v) is 4.68. The van der Waals surface area contributed by atoms with Gasteiger partial charge in [0.05, 0.1) is 13.2 Å². The predicted molar refractivity (Wildman–Crippen MR) is 109 cm³/mol. The van der Waals surface area contributed by atoms with Crippen LogP contribution in [0, 0.1) is 0 Å². The highest BCUT2D eigenvalue weighted by atomic mass is 16.5. The Balaban J connectivity index is 1.88. The summed E-state index contributed by atoms with van der Waals surface area (Å²) in [7, 11) is 0. The molecule has 2 aromatic carbocycles. The van der Waals surface area contributed by atoms with Gasteiger partial charge in [-0.3, -0.25) is 0 Å². The van der Waals surface area contributed by atoms with E-state index in [-0.39, 0.29) is 10.8 Å². The zero-order valence-corrected chi connectivity index (χ0v) is 16.9. The molecule has 0 aliphatic rings. The van der Waals surface area contributed by atoms with Crippen LogP contribution < -0.4 is 0 Å². The summed E-state index contributed by atoms with van der Waals surface area (Å²) in [6.45, 7) is 15.2. The average molecular weight is 339 g/mol. The van der Waals surface area contributed by atoms with Gasteiger partial charge in [-0.1, -0.05) is 90.1 Å². The topological polar surface area (TPSA) is 9.23 Å². The second kappa shape index (κ2) is 8.19. The van der Waals surface area contributed by atoms with E-state index in [0.717, 1.165) is 26.1 Å². The first-order valence-electron chi connectivity index (χ1n) is 9.44. The van der Waals surface area contributed by atoms with E-state index in [1.165, 1.54) is 22.3 Å². The highest BCUT2D eigenvalue weighted by molar-refractivity contribution is 5.33. The molecule has 0 fully saturated rings. The van der Waals surface area contributed by atoms with Crippen molar-refractivity contribution in [2.75, 3.05) is 13.2 Å². The largest absolute Gasteiger partial charge is 0.381 e. The summed E-state index contributed by atoms with van der Waals surface area (Å²) in [6, 6.07) is 17.5. The molecule has 2 aromatic rings. The van der Waals surface area contributed by atoms with Crippen LogP contribution in [0.3, 0.4) is 0 Å². The molecule has 0 saturated heterocycles. The van der Waals surface area contributed by atoms with Crippen molar-refractivity contribution in [1.29, 1.82) is 0 Å². The predicted octanol–water partition coefficient (Wildman–Crippen LogP) is 6.08. The molecule has 0 aliphatic carbocycles. The second-order valence-electron chi connectivity index (χ2n) is 8.93. The molecule has 25 heavy (non-hydrogen) atoms. The molecule has 0 spiro atoms. The second-order valence-corrected chi connectivity index (χ2v) is 8.93. The number of benzene rings is 2. The Hall–Kier alpha value is -1.60. The minimum absolute atomic E-state index is 0.183. The van der Waals surface area contributed by atoms with Crippen molar-refractivity contribution < 1.29 is 4.74 Å². The van der Waals surface area contributed by atoms with Crippen LogP contribution >= 0.6 is 0 Å². The van der Waals surface area contributed by atoms with Crippen LogP contribution in [0.25, 0.3) is 0 Å². The van der Waals surface area contributed by atoms with E-state index in [4.69, 9.17) is 4.74 Å². The van der Waals surface area contributed by atoms with Crippen LogP contribution in [-0.4, -0.2) is 13.2 Å². The molecule has 0 bridgehead atoms. The zero-order chi connectivity index (χ0) is 18.5. The molecule has 0 amide bonds. The van der Waals surface area contributed by atoms with E-state index in [2.05, 4.69) is 90.1 Å². The first-order chi connectivity index (χ1) is 11.7. The van der Waals surface area contributed by atoms with Crippen molar-refractivity contribution in [1.82, 2.24) is 0 Å². The molecule has 0 N–H and O–H groups in total. The van der Waals surface area contributed by atoms with Gasteiger partial charge in [-0.15, -0.1) is 0 Å². The van der Waals surface area contributed by atoms with Gasteiger partial charge in [0.25, 0.3) is 0 Å². The Kier molecular flexibility index (Phi) is 6.46. The summed E-state index contributed by atoms with van der Waals surface area (Å²) in [6.07, 6.45) is 1.96. The average Bonchev–Trinajstić information content (AvgIpc) is 2.53. The molecule has 0 atom stereocenters. The highest BCUT2D eigenvalue weighted by Crippen LogP contribution is 2.27. The Morgan fingerprint density at radius 2 is 0.960 bits per heavy atom. The number of hydrogen-bond acceptors (Lipinski definition) is 1. The Bertz CT molecular complexity index is 611. The minimum atomic E-state index is 0.183. The SMILES string of the molecule is CC(C)(C)c1ccccc1CCOCCc1ccccc1C(C)(C)C. The van der Waals surface area contributed by atoms with Gasteiger partial charge in [-0.25, -0.2) is 0 Å². The summed E-state index contributed by atoms with van der Waals surface area (Å²) >= 11 is 0. The molecule has 136 valence electrons. The molecule has 0 heterocycles. The number of hydrogen-bond donors (Lipinski definition) is 0. The van der Waals surface area contributed by atoms with Gasteiger partial charge in [0.2, 0.25) is 0 Å². The lowest BCUT2D eigenvalue weighted by Crippen LogP contribution is -2.16. The molecule has 1 nitrogen and oxygen atoms in total. The quantitative estimate of drug-likeness (QED) is 0.580. The first kappa shape index (κ1) is 19.7. The van der Waals surface area contributed by atoms with Crippen molar-refractivity contribution in [3.63, 3.8) is 0 Å². The lowest BCUT2D eigenvalue weighted by atomic mass is 9.83. The molecule has 0 unspecified atom stereocenters. The Labute approximate surface area is 154 Å². The van der Waals surface area contributed by atoms with Crippen molar-refractivity contribution in [3.05, 3.63) is 70.8 Å². The summed E-state index contributed by atoms with van der Waals surface area (Å²) < 4.78 is 5.98.